The summed E-state index contributed by atoms with van der Waals surface area (Å²) in [5.41, 5.74) is 2.08. The van der Waals surface area contributed by atoms with Crippen LogP contribution in [-0.4, -0.2) is 25.2 Å². The number of hydrogen-bond acceptors (Lipinski definition) is 6. The summed E-state index contributed by atoms with van der Waals surface area (Å²) in [6.07, 6.45) is 1.71. The normalized spacial score (nSPS) is 11.0. The lowest BCUT2D eigenvalue weighted by Crippen LogP contribution is -2.03. The molecule has 0 amide bonds. The van der Waals surface area contributed by atoms with Crippen molar-refractivity contribution in [3.8, 4) is 11.3 Å². The minimum Gasteiger partial charge on any atom is -0.440 e. The number of aromatic nitrogens is 5. The van der Waals surface area contributed by atoms with E-state index in [1.54, 1.807) is 10.9 Å². The Morgan fingerprint density at radius 1 is 1.04 bits per heavy atom. The molecule has 0 atom stereocenters. The van der Waals surface area contributed by atoms with Crippen LogP contribution in [0.3, 0.4) is 0 Å². The molecule has 0 aliphatic rings. The van der Waals surface area contributed by atoms with Crippen molar-refractivity contribution >= 4 is 23.4 Å². The van der Waals surface area contributed by atoms with Gasteiger partial charge in [0.15, 0.2) is 5.76 Å². The molecule has 130 valence electrons. The van der Waals surface area contributed by atoms with E-state index < -0.39 is 0 Å². The van der Waals surface area contributed by atoms with Crippen LogP contribution in [0.4, 0.5) is 0 Å². The fourth-order valence-electron chi connectivity index (χ4n) is 2.41. The van der Waals surface area contributed by atoms with Gasteiger partial charge >= 0.3 is 0 Å². The van der Waals surface area contributed by atoms with Crippen LogP contribution in [0.5, 0.6) is 0 Å². The molecular formula is C18H14ClN5OS. The van der Waals surface area contributed by atoms with Crippen LogP contribution in [0.1, 0.15) is 11.5 Å². The molecule has 0 aliphatic heterocycles. The molecule has 0 N–H and O–H groups in total. The second-order valence-corrected chi connectivity index (χ2v) is 6.90. The van der Waals surface area contributed by atoms with E-state index >= 15 is 0 Å². The number of oxazole rings is 1. The third-order valence-electron chi connectivity index (χ3n) is 3.68. The summed E-state index contributed by atoms with van der Waals surface area (Å²) >= 11 is 7.40. The second kappa shape index (κ2) is 7.72. The summed E-state index contributed by atoms with van der Waals surface area (Å²) in [6.45, 7) is 0.623. The minimum atomic E-state index is 0.544. The number of rotatable bonds is 6. The summed E-state index contributed by atoms with van der Waals surface area (Å²) in [7, 11) is 0. The van der Waals surface area contributed by atoms with Crippen molar-refractivity contribution in [1.82, 2.24) is 25.2 Å². The molecule has 0 fully saturated rings. The zero-order valence-electron chi connectivity index (χ0n) is 13.6. The highest BCUT2D eigenvalue weighted by molar-refractivity contribution is 7.98. The molecule has 0 radical (unpaired) electrons. The van der Waals surface area contributed by atoms with Crippen molar-refractivity contribution in [2.24, 2.45) is 0 Å². The maximum atomic E-state index is 5.91. The largest absolute Gasteiger partial charge is 0.440 e. The van der Waals surface area contributed by atoms with Gasteiger partial charge in [-0.15, -0.1) is 5.10 Å². The predicted octanol–water partition coefficient (Wildman–Crippen LogP) is 4.32. The van der Waals surface area contributed by atoms with Crippen LogP contribution >= 0.6 is 23.4 Å². The van der Waals surface area contributed by atoms with Gasteiger partial charge in [-0.3, -0.25) is 0 Å². The van der Waals surface area contributed by atoms with Gasteiger partial charge < -0.3 is 4.42 Å². The van der Waals surface area contributed by atoms with Crippen LogP contribution < -0.4 is 0 Å². The smallest absolute Gasteiger partial charge is 0.210 e. The summed E-state index contributed by atoms with van der Waals surface area (Å²) < 4.78 is 7.58. The first-order valence-electron chi connectivity index (χ1n) is 7.91. The van der Waals surface area contributed by atoms with E-state index in [1.807, 2.05) is 54.6 Å². The standard InChI is InChI=1S/C18H14ClN5OS/c19-15-8-6-14(7-9-15)16-10-20-17(25-16)12-26-18-21-22-23-24(18)11-13-4-2-1-3-5-13/h1-10H,11-12H2. The van der Waals surface area contributed by atoms with Gasteiger partial charge in [0.05, 0.1) is 18.5 Å². The first-order chi connectivity index (χ1) is 12.8. The van der Waals surface area contributed by atoms with Gasteiger partial charge in [0.2, 0.25) is 11.0 Å². The second-order valence-electron chi connectivity index (χ2n) is 5.52. The van der Waals surface area contributed by atoms with Crippen LogP contribution in [-0.2, 0) is 12.3 Å². The topological polar surface area (TPSA) is 69.6 Å². The summed E-state index contributed by atoms with van der Waals surface area (Å²) in [6, 6.07) is 17.5. The van der Waals surface area contributed by atoms with Gasteiger partial charge in [-0.25, -0.2) is 9.67 Å². The molecule has 0 spiro atoms. The highest BCUT2D eigenvalue weighted by Gasteiger charge is 2.11. The van der Waals surface area contributed by atoms with Crippen molar-refractivity contribution < 1.29 is 4.42 Å². The Labute approximate surface area is 159 Å². The lowest BCUT2D eigenvalue weighted by atomic mass is 10.2. The van der Waals surface area contributed by atoms with Crippen molar-refractivity contribution in [2.75, 3.05) is 0 Å². The molecule has 0 saturated heterocycles. The third kappa shape index (κ3) is 3.95. The number of hydrogen-bond donors (Lipinski definition) is 0. The molecule has 8 heteroatoms. The molecule has 2 aromatic heterocycles. The number of halogens is 1. The number of tetrazole rings is 1. The maximum Gasteiger partial charge on any atom is 0.210 e. The molecule has 4 aromatic rings. The van der Waals surface area contributed by atoms with Crippen molar-refractivity contribution in [1.29, 1.82) is 0 Å². The fraction of sp³-hybridized carbons (Fsp3) is 0.111. The molecular weight excluding hydrogens is 370 g/mol. The molecule has 0 bridgehead atoms. The van der Waals surface area contributed by atoms with E-state index in [4.69, 9.17) is 16.0 Å². The predicted molar refractivity (Wildman–Crippen MR) is 99.9 cm³/mol. The molecule has 2 aromatic carbocycles. The quantitative estimate of drug-likeness (QED) is 0.462. The zero-order chi connectivity index (χ0) is 17.8. The molecule has 26 heavy (non-hydrogen) atoms. The zero-order valence-corrected chi connectivity index (χ0v) is 15.2. The van der Waals surface area contributed by atoms with Crippen LogP contribution in [0, 0.1) is 0 Å². The van der Waals surface area contributed by atoms with Crippen LogP contribution in [0.2, 0.25) is 5.02 Å². The van der Waals surface area contributed by atoms with Crippen LogP contribution in [0.25, 0.3) is 11.3 Å². The van der Waals surface area contributed by atoms with E-state index in [1.165, 1.54) is 11.8 Å². The van der Waals surface area contributed by atoms with E-state index in [0.717, 1.165) is 16.3 Å². The molecule has 6 nitrogen and oxygen atoms in total. The van der Waals surface area contributed by atoms with Gasteiger partial charge in [0, 0.05) is 10.6 Å². The van der Waals surface area contributed by atoms with Gasteiger partial charge in [-0.2, -0.15) is 0 Å². The van der Waals surface area contributed by atoms with E-state index in [0.29, 0.717) is 29.0 Å². The van der Waals surface area contributed by atoms with Gasteiger partial charge in [0.1, 0.15) is 0 Å². The first-order valence-corrected chi connectivity index (χ1v) is 9.28. The van der Waals surface area contributed by atoms with Crippen molar-refractivity contribution in [2.45, 2.75) is 17.5 Å². The number of thioether (sulfide) groups is 1. The molecule has 0 aliphatic carbocycles. The SMILES string of the molecule is Clc1ccc(-c2cnc(CSc3nnnn3Cc3ccccc3)o2)cc1. The maximum absolute atomic E-state index is 5.91. The summed E-state index contributed by atoms with van der Waals surface area (Å²) in [5, 5.41) is 13.3. The molecule has 0 saturated carbocycles. The first kappa shape index (κ1) is 16.8. The van der Waals surface area contributed by atoms with Gasteiger partial charge in [0.25, 0.3) is 0 Å². The molecule has 2 heterocycles. The Kier molecular flexibility index (Phi) is 4.99. The Morgan fingerprint density at radius 2 is 1.85 bits per heavy atom. The van der Waals surface area contributed by atoms with Crippen molar-refractivity contribution in [3.05, 3.63) is 77.3 Å². The minimum absolute atomic E-state index is 0.544. The lowest BCUT2D eigenvalue weighted by molar-refractivity contribution is 0.529. The monoisotopic (exact) mass is 383 g/mol. The van der Waals surface area contributed by atoms with Gasteiger partial charge in [-0.1, -0.05) is 53.7 Å². The van der Waals surface area contributed by atoms with Crippen molar-refractivity contribution in [3.63, 3.8) is 0 Å². The Morgan fingerprint density at radius 3 is 2.65 bits per heavy atom. The Bertz CT molecular complexity index is 984. The average molecular weight is 384 g/mol. The lowest BCUT2D eigenvalue weighted by Gasteiger charge is -2.03. The van der Waals surface area contributed by atoms with Gasteiger partial charge in [-0.05, 0) is 40.3 Å². The third-order valence-corrected chi connectivity index (χ3v) is 4.88. The Balaban J connectivity index is 1.42. The summed E-state index contributed by atoms with van der Waals surface area (Å²) in [4.78, 5) is 4.33. The van der Waals surface area contributed by atoms with E-state index in [-0.39, 0.29) is 0 Å². The van der Waals surface area contributed by atoms with E-state index in [9.17, 15) is 0 Å². The van der Waals surface area contributed by atoms with E-state index in [2.05, 4.69) is 20.5 Å². The highest BCUT2D eigenvalue weighted by atomic mass is 35.5. The number of benzene rings is 2. The fourth-order valence-corrected chi connectivity index (χ4v) is 3.26. The highest BCUT2D eigenvalue weighted by Crippen LogP contribution is 2.25. The molecule has 0 unspecified atom stereocenters. The summed E-state index contributed by atoms with van der Waals surface area (Å²) in [5.74, 6) is 1.87. The average Bonchev–Trinajstić information content (AvgIpc) is 3.31. The Hall–Kier alpha value is -2.64. The molecule has 4 rings (SSSR count). The number of nitrogens with zero attached hydrogens (tertiary/aromatic N) is 5. The van der Waals surface area contributed by atoms with Crippen LogP contribution in [0.15, 0.2) is 70.4 Å².